The molecule has 0 aromatic rings. The van der Waals surface area contributed by atoms with E-state index in [0.29, 0.717) is 12.3 Å². The molecule has 5 rings (SSSR count). The Kier molecular flexibility index (Phi) is 5.16. The molecule has 0 amide bonds. The summed E-state index contributed by atoms with van der Waals surface area (Å²) >= 11 is 0. The van der Waals surface area contributed by atoms with Crippen LogP contribution in [-0.2, 0) is 9.59 Å². The van der Waals surface area contributed by atoms with Gasteiger partial charge in [-0.1, -0.05) is 52.3 Å². The van der Waals surface area contributed by atoms with Crippen molar-refractivity contribution in [3.63, 3.8) is 0 Å². The van der Waals surface area contributed by atoms with E-state index in [-0.39, 0.29) is 44.7 Å². The van der Waals surface area contributed by atoms with Crippen molar-refractivity contribution in [2.45, 2.75) is 106 Å². The molecule has 0 aliphatic heterocycles. The van der Waals surface area contributed by atoms with Crippen LogP contribution in [-0.4, -0.2) is 27.8 Å². The first-order chi connectivity index (χ1) is 16.1. The number of fused-ring (bicyclic) bond motifs is 7. The number of rotatable bonds is 1. The second-order valence-electron chi connectivity index (χ2n) is 14.8. The van der Waals surface area contributed by atoms with Crippen LogP contribution in [0.25, 0.3) is 0 Å². The minimum absolute atomic E-state index is 0.0548. The van der Waals surface area contributed by atoms with E-state index >= 15 is 0 Å². The predicted molar refractivity (Wildman–Crippen MR) is 136 cm³/mol. The van der Waals surface area contributed by atoms with Crippen LogP contribution >= 0.6 is 0 Å². The topological polar surface area (TPSA) is 87.0 Å². The lowest BCUT2D eigenvalue weighted by molar-refractivity contribution is -0.176. The maximum Gasteiger partial charge on any atom is 0.309 e. The summed E-state index contributed by atoms with van der Waals surface area (Å²) in [6, 6.07) is 0. The first-order valence-electron chi connectivity index (χ1n) is 13.8. The van der Waals surface area contributed by atoms with Gasteiger partial charge in [0.05, 0.1) is 11.1 Å². The molecule has 8 atom stereocenters. The third kappa shape index (κ3) is 2.96. The van der Waals surface area contributed by atoms with E-state index in [1.807, 2.05) is 13.0 Å². The molecule has 4 saturated carbocycles. The molecule has 4 fully saturated rings. The minimum atomic E-state index is -0.721. The Hall–Kier alpha value is -1.65. The summed E-state index contributed by atoms with van der Waals surface area (Å²) in [5, 5.41) is 23.5. The molecule has 0 bridgehead atoms. The van der Waals surface area contributed by atoms with Gasteiger partial charge < -0.3 is 10.3 Å². The highest BCUT2D eigenvalue weighted by Crippen LogP contribution is 2.74. The third-order valence-corrected chi connectivity index (χ3v) is 13.0. The first kappa shape index (κ1) is 25.0. The lowest BCUT2D eigenvalue weighted by Gasteiger charge is -2.70. The average Bonchev–Trinajstić information content (AvgIpc) is 2.76. The van der Waals surface area contributed by atoms with Crippen molar-refractivity contribution < 1.29 is 19.9 Å². The fourth-order valence-electron chi connectivity index (χ4n) is 10.4. The van der Waals surface area contributed by atoms with Crippen LogP contribution in [0.4, 0.5) is 0 Å². The fourth-order valence-corrected chi connectivity index (χ4v) is 10.4. The Labute approximate surface area is 210 Å². The van der Waals surface area contributed by atoms with Crippen LogP contribution in [0.5, 0.6) is 0 Å². The maximum absolute atomic E-state index is 14.3. The molecule has 5 nitrogen and oxygen atoms in total. The Morgan fingerprint density at radius 1 is 0.971 bits per heavy atom. The second kappa shape index (κ2) is 7.22. The van der Waals surface area contributed by atoms with Crippen molar-refractivity contribution in [2.24, 2.45) is 55.4 Å². The average molecular weight is 484 g/mol. The monoisotopic (exact) mass is 483 g/mol. The van der Waals surface area contributed by atoms with Crippen LogP contribution in [0, 0.1) is 50.2 Å². The van der Waals surface area contributed by atoms with Crippen molar-refractivity contribution in [3.05, 3.63) is 11.6 Å². The molecule has 0 radical (unpaired) electrons. The summed E-state index contributed by atoms with van der Waals surface area (Å²) in [4.78, 5) is 26.5. The number of carbonyl (C=O) groups excluding carboxylic acids is 1. The molecule has 2 N–H and O–H groups in total. The third-order valence-electron chi connectivity index (χ3n) is 13.0. The van der Waals surface area contributed by atoms with Crippen LogP contribution in [0.2, 0.25) is 0 Å². The lowest BCUT2D eigenvalue weighted by atomic mass is 9.33. The Morgan fingerprint density at radius 2 is 1.63 bits per heavy atom. The quantitative estimate of drug-likeness (QED) is 0.314. The number of carboxylic acid groups (broad SMARTS) is 1. The van der Waals surface area contributed by atoms with Gasteiger partial charge in [0.15, 0.2) is 5.78 Å². The number of carbonyl (C=O) groups is 2. The van der Waals surface area contributed by atoms with Crippen molar-refractivity contribution >= 4 is 17.5 Å². The molecule has 5 aliphatic carbocycles. The number of oxime groups is 1. The molecule has 0 spiro atoms. The molecule has 0 unspecified atom stereocenters. The number of nitrogens with zero attached hydrogens (tertiary/aromatic N) is 1. The van der Waals surface area contributed by atoms with Crippen molar-refractivity contribution in [2.75, 3.05) is 0 Å². The molecule has 5 heteroatoms. The van der Waals surface area contributed by atoms with Crippen LogP contribution in [0.3, 0.4) is 0 Å². The molecular formula is C30H45NO4. The molecule has 194 valence electrons. The number of carboxylic acids is 1. The Bertz CT molecular complexity index is 1040. The highest BCUT2D eigenvalue weighted by atomic mass is 16.4. The lowest BCUT2D eigenvalue weighted by Crippen LogP contribution is -2.66. The number of hydrogen-bond acceptors (Lipinski definition) is 4. The second-order valence-corrected chi connectivity index (χ2v) is 14.8. The van der Waals surface area contributed by atoms with Gasteiger partial charge in [0.25, 0.3) is 0 Å². The summed E-state index contributed by atoms with van der Waals surface area (Å²) in [7, 11) is 0. The molecule has 0 aromatic heterocycles. The van der Waals surface area contributed by atoms with E-state index < -0.39 is 11.4 Å². The van der Waals surface area contributed by atoms with Crippen LogP contribution < -0.4 is 0 Å². The SMILES string of the molecule is CC1(C)/C(=N/O)CC[C@]2(C)[C@H]3C(=O)C=C4[C@@H]5C[C@@](C)(C(=O)O)CC[C@]5(C)CC[C@@]4(C)[C@]3(C)CC[C@@H]12. The van der Waals surface area contributed by atoms with Gasteiger partial charge in [-0.3, -0.25) is 9.59 Å². The normalized spacial score (nSPS) is 52.0. The van der Waals surface area contributed by atoms with Gasteiger partial charge in [-0.25, -0.2) is 0 Å². The summed E-state index contributed by atoms with van der Waals surface area (Å²) in [5.41, 5.74) is 0.861. The van der Waals surface area contributed by atoms with Crippen molar-refractivity contribution in [1.29, 1.82) is 0 Å². The maximum atomic E-state index is 14.3. The molecule has 0 saturated heterocycles. The van der Waals surface area contributed by atoms with Crippen molar-refractivity contribution in [1.82, 2.24) is 0 Å². The number of ketones is 1. The van der Waals surface area contributed by atoms with E-state index in [9.17, 15) is 19.9 Å². The minimum Gasteiger partial charge on any atom is -0.481 e. The summed E-state index contributed by atoms with van der Waals surface area (Å²) in [6.45, 7) is 15.8. The fraction of sp³-hybridized carbons (Fsp3) is 0.833. The molecular weight excluding hydrogens is 438 g/mol. The number of allylic oxidation sites excluding steroid dienone is 2. The summed E-state index contributed by atoms with van der Waals surface area (Å²) < 4.78 is 0. The Balaban J connectivity index is 1.62. The van der Waals surface area contributed by atoms with Gasteiger partial charge >= 0.3 is 5.97 Å². The van der Waals surface area contributed by atoms with Gasteiger partial charge in [0, 0.05) is 11.3 Å². The van der Waals surface area contributed by atoms with Gasteiger partial charge in [0.1, 0.15) is 0 Å². The standard InChI is InChI=1S/C30H45NO4/c1-25(2)21-8-11-30(7)23(28(21,5)10-9-22(25)31-35)20(32)16-18-19-17-27(4,24(33)34)13-12-26(19,3)14-15-29(18,30)6/h16,19,21,23,35H,8-15,17H2,1-7H3,(H,33,34)/b31-22+/t19-,21-,23+,26+,27-,28-,29+,30+/m0/s1. The van der Waals surface area contributed by atoms with E-state index in [1.54, 1.807) is 0 Å². The zero-order valence-corrected chi connectivity index (χ0v) is 22.8. The summed E-state index contributed by atoms with van der Waals surface area (Å²) in [6.07, 6.45) is 10.1. The molecule has 5 aliphatic rings. The predicted octanol–water partition coefficient (Wildman–Crippen LogP) is 6.88. The summed E-state index contributed by atoms with van der Waals surface area (Å²) in [5.74, 6) is -0.0363. The largest absolute Gasteiger partial charge is 0.481 e. The number of aliphatic carboxylic acids is 1. The Morgan fingerprint density at radius 3 is 2.26 bits per heavy atom. The van der Waals surface area contributed by atoms with Crippen LogP contribution in [0.1, 0.15) is 106 Å². The van der Waals surface area contributed by atoms with Gasteiger partial charge in [-0.05, 0) is 104 Å². The zero-order valence-electron chi connectivity index (χ0n) is 22.8. The molecule has 0 aromatic carbocycles. The molecule has 35 heavy (non-hydrogen) atoms. The highest BCUT2D eigenvalue weighted by molar-refractivity contribution is 5.97. The smallest absolute Gasteiger partial charge is 0.309 e. The molecule has 0 heterocycles. The van der Waals surface area contributed by atoms with Gasteiger partial charge in [0.2, 0.25) is 0 Å². The zero-order chi connectivity index (χ0) is 25.8. The first-order valence-corrected chi connectivity index (χ1v) is 13.8. The van der Waals surface area contributed by atoms with E-state index in [4.69, 9.17) is 0 Å². The highest BCUT2D eigenvalue weighted by Gasteiger charge is 2.70. The van der Waals surface area contributed by atoms with Gasteiger partial charge in [-0.2, -0.15) is 0 Å². The number of hydrogen-bond donors (Lipinski definition) is 2. The van der Waals surface area contributed by atoms with E-state index in [1.165, 1.54) is 5.57 Å². The van der Waals surface area contributed by atoms with E-state index in [0.717, 1.165) is 57.1 Å². The van der Waals surface area contributed by atoms with Crippen LogP contribution in [0.15, 0.2) is 16.8 Å². The van der Waals surface area contributed by atoms with E-state index in [2.05, 4.69) is 46.7 Å². The van der Waals surface area contributed by atoms with Crippen molar-refractivity contribution in [3.8, 4) is 0 Å². The van der Waals surface area contributed by atoms with Gasteiger partial charge in [-0.15, -0.1) is 0 Å².